The average Bonchev–Trinajstić information content (AvgIpc) is 3.07. The second kappa shape index (κ2) is 5.80. The molecule has 0 spiro atoms. The summed E-state index contributed by atoms with van der Waals surface area (Å²) in [5.41, 5.74) is 5.13. The number of hydrogen-bond donors (Lipinski definition) is 2. The van der Waals surface area contributed by atoms with Crippen molar-refractivity contribution in [1.29, 1.82) is 0 Å². The van der Waals surface area contributed by atoms with Gasteiger partial charge in [0.15, 0.2) is 0 Å². The SMILES string of the molecule is CC(C)N(CCC1CCCC1(N)C(=O)O)CC1CC1. The first-order valence-electron chi connectivity index (χ1n) is 7.70. The van der Waals surface area contributed by atoms with Crippen LogP contribution in [0.3, 0.4) is 0 Å². The van der Waals surface area contributed by atoms with Crippen LogP contribution >= 0.6 is 0 Å². The Balaban J connectivity index is 1.87. The lowest BCUT2D eigenvalue weighted by atomic mass is 9.85. The van der Waals surface area contributed by atoms with Gasteiger partial charge in [-0.2, -0.15) is 0 Å². The van der Waals surface area contributed by atoms with Gasteiger partial charge in [-0.05, 0) is 64.3 Å². The lowest BCUT2D eigenvalue weighted by molar-refractivity contribution is -0.144. The average molecular weight is 268 g/mol. The molecule has 0 aliphatic heterocycles. The fourth-order valence-electron chi connectivity index (χ4n) is 3.30. The molecule has 2 fully saturated rings. The monoisotopic (exact) mass is 268 g/mol. The second-order valence-electron chi connectivity index (χ2n) is 6.76. The van der Waals surface area contributed by atoms with Crippen molar-refractivity contribution in [2.45, 2.75) is 64.0 Å². The largest absolute Gasteiger partial charge is 0.480 e. The molecule has 0 bridgehead atoms. The summed E-state index contributed by atoms with van der Waals surface area (Å²) in [6, 6.07) is 0.541. The summed E-state index contributed by atoms with van der Waals surface area (Å²) in [4.78, 5) is 13.9. The molecular weight excluding hydrogens is 240 g/mol. The van der Waals surface area contributed by atoms with Crippen LogP contribution in [-0.4, -0.2) is 40.6 Å². The first-order valence-corrected chi connectivity index (χ1v) is 7.70. The number of carbonyl (C=O) groups is 1. The second-order valence-corrected chi connectivity index (χ2v) is 6.76. The Bertz CT molecular complexity index is 328. The van der Waals surface area contributed by atoms with Crippen LogP contribution in [0.5, 0.6) is 0 Å². The van der Waals surface area contributed by atoms with Crippen molar-refractivity contribution in [2.24, 2.45) is 17.6 Å². The van der Waals surface area contributed by atoms with Crippen LogP contribution in [-0.2, 0) is 4.79 Å². The van der Waals surface area contributed by atoms with Crippen LogP contribution in [0, 0.1) is 11.8 Å². The minimum Gasteiger partial charge on any atom is -0.480 e. The molecule has 2 atom stereocenters. The summed E-state index contributed by atoms with van der Waals surface area (Å²) in [5, 5.41) is 9.33. The molecule has 2 unspecified atom stereocenters. The van der Waals surface area contributed by atoms with Crippen LogP contribution in [0.25, 0.3) is 0 Å². The molecule has 2 rings (SSSR count). The molecule has 0 aromatic carbocycles. The first-order chi connectivity index (χ1) is 8.93. The summed E-state index contributed by atoms with van der Waals surface area (Å²) >= 11 is 0. The highest BCUT2D eigenvalue weighted by Gasteiger charge is 2.45. The van der Waals surface area contributed by atoms with Gasteiger partial charge in [-0.25, -0.2) is 0 Å². The van der Waals surface area contributed by atoms with Gasteiger partial charge >= 0.3 is 5.97 Å². The van der Waals surface area contributed by atoms with Crippen molar-refractivity contribution in [3.05, 3.63) is 0 Å². The minimum atomic E-state index is -0.970. The number of carboxylic acid groups (broad SMARTS) is 1. The molecule has 0 radical (unpaired) electrons. The molecule has 0 aromatic rings. The Morgan fingerprint density at radius 2 is 2.11 bits per heavy atom. The molecule has 0 aromatic heterocycles. The Hall–Kier alpha value is -0.610. The predicted octanol–water partition coefficient (Wildman–Crippen LogP) is 2.08. The van der Waals surface area contributed by atoms with Gasteiger partial charge in [-0.3, -0.25) is 4.79 Å². The molecule has 0 amide bonds. The Morgan fingerprint density at radius 1 is 1.42 bits per heavy atom. The molecule has 19 heavy (non-hydrogen) atoms. The number of nitrogens with two attached hydrogens (primary N) is 1. The molecule has 2 saturated carbocycles. The van der Waals surface area contributed by atoms with Crippen molar-refractivity contribution in [3.63, 3.8) is 0 Å². The zero-order chi connectivity index (χ0) is 14.0. The van der Waals surface area contributed by atoms with Crippen LogP contribution in [0.1, 0.15) is 52.4 Å². The van der Waals surface area contributed by atoms with Gasteiger partial charge in [0.1, 0.15) is 5.54 Å². The molecule has 4 heteroatoms. The maximum Gasteiger partial charge on any atom is 0.323 e. The molecule has 2 aliphatic rings. The van der Waals surface area contributed by atoms with E-state index in [0.29, 0.717) is 12.5 Å². The minimum absolute atomic E-state index is 0.144. The smallest absolute Gasteiger partial charge is 0.323 e. The molecular formula is C15H28N2O2. The maximum absolute atomic E-state index is 11.4. The fraction of sp³-hybridized carbons (Fsp3) is 0.933. The van der Waals surface area contributed by atoms with Gasteiger partial charge in [0, 0.05) is 12.6 Å². The predicted molar refractivity (Wildman–Crippen MR) is 75.9 cm³/mol. The zero-order valence-corrected chi connectivity index (χ0v) is 12.3. The molecule has 4 nitrogen and oxygen atoms in total. The van der Waals surface area contributed by atoms with Crippen LogP contribution < -0.4 is 5.73 Å². The summed E-state index contributed by atoms with van der Waals surface area (Å²) in [6.45, 7) is 6.62. The highest BCUT2D eigenvalue weighted by atomic mass is 16.4. The lowest BCUT2D eigenvalue weighted by Crippen LogP contribution is -2.51. The first kappa shape index (κ1) is 14.8. The topological polar surface area (TPSA) is 66.6 Å². The summed E-state index contributed by atoms with van der Waals surface area (Å²) < 4.78 is 0. The lowest BCUT2D eigenvalue weighted by Gasteiger charge is -2.31. The van der Waals surface area contributed by atoms with E-state index in [1.165, 1.54) is 19.4 Å². The summed E-state index contributed by atoms with van der Waals surface area (Å²) in [7, 11) is 0. The van der Waals surface area contributed by atoms with Crippen molar-refractivity contribution in [1.82, 2.24) is 4.90 Å². The normalized spacial score (nSPS) is 31.3. The van der Waals surface area contributed by atoms with Gasteiger partial charge in [-0.1, -0.05) is 6.42 Å². The van der Waals surface area contributed by atoms with Crippen molar-refractivity contribution in [2.75, 3.05) is 13.1 Å². The molecule has 2 aliphatic carbocycles. The van der Waals surface area contributed by atoms with Gasteiger partial charge < -0.3 is 15.7 Å². The van der Waals surface area contributed by atoms with Crippen molar-refractivity contribution >= 4 is 5.97 Å². The van der Waals surface area contributed by atoms with E-state index in [1.54, 1.807) is 0 Å². The highest BCUT2D eigenvalue weighted by molar-refractivity contribution is 5.79. The van der Waals surface area contributed by atoms with E-state index in [1.807, 2.05) is 0 Å². The van der Waals surface area contributed by atoms with E-state index in [4.69, 9.17) is 5.73 Å². The Kier molecular flexibility index (Phi) is 4.51. The number of aliphatic carboxylic acids is 1. The molecule has 0 saturated heterocycles. The van der Waals surface area contributed by atoms with E-state index < -0.39 is 11.5 Å². The van der Waals surface area contributed by atoms with E-state index in [2.05, 4.69) is 18.7 Å². The highest BCUT2D eigenvalue weighted by Crippen LogP contribution is 2.37. The Morgan fingerprint density at radius 3 is 2.63 bits per heavy atom. The Labute approximate surface area is 116 Å². The van der Waals surface area contributed by atoms with Crippen LogP contribution in [0.2, 0.25) is 0 Å². The maximum atomic E-state index is 11.4. The third-order valence-corrected chi connectivity index (χ3v) is 4.95. The van der Waals surface area contributed by atoms with Crippen molar-refractivity contribution in [3.8, 4) is 0 Å². The third kappa shape index (κ3) is 3.48. The van der Waals surface area contributed by atoms with E-state index in [9.17, 15) is 9.90 Å². The van der Waals surface area contributed by atoms with Gasteiger partial charge in [0.05, 0.1) is 0 Å². The number of rotatable bonds is 7. The van der Waals surface area contributed by atoms with E-state index in [-0.39, 0.29) is 5.92 Å². The van der Waals surface area contributed by atoms with E-state index in [0.717, 1.165) is 31.7 Å². The van der Waals surface area contributed by atoms with Gasteiger partial charge in [0.2, 0.25) is 0 Å². The quantitative estimate of drug-likeness (QED) is 0.742. The van der Waals surface area contributed by atoms with Crippen LogP contribution in [0.4, 0.5) is 0 Å². The summed E-state index contributed by atoms with van der Waals surface area (Å²) in [6.07, 6.45) is 6.21. The van der Waals surface area contributed by atoms with Gasteiger partial charge in [0.25, 0.3) is 0 Å². The number of carboxylic acids is 1. The molecule has 3 N–H and O–H groups in total. The third-order valence-electron chi connectivity index (χ3n) is 4.95. The van der Waals surface area contributed by atoms with Crippen LogP contribution in [0.15, 0.2) is 0 Å². The van der Waals surface area contributed by atoms with Gasteiger partial charge in [-0.15, -0.1) is 0 Å². The molecule has 0 heterocycles. The van der Waals surface area contributed by atoms with Crippen molar-refractivity contribution < 1.29 is 9.90 Å². The molecule has 110 valence electrons. The zero-order valence-electron chi connectivity index (χ0n) is 12.3. The number of nitrogens with zero attached hydrogens (tertiary/aromatic N) is 1. The van der Waals surface area contributed by atoms with E-state index >= 15 is 0 Å². The fourth-order valence-corrected chi connectivity index (χ4v) is 3.30. The number of hydrogen-bond acceptors (Lipinski definition) is 3. The standard InChI is InChI=1S/C15H28N2O2/c1-11(2)17(10-12-5-6-12)9-7-13-4-3-8-15(13,16)14(18)19/h11-13H,3-10,16H2,1-2H3,(H,18,19). The summed E-state index contributed by atoms with van der Waals surface area (Å²) in [5.74, 6) is 0.215.